The molecule has 2 rings (SSSR count). The number of carboxylic acid groups (broad SMARTS) is 1. The van der Waals surface area contributed by atoms with Gasteiger partial charge in [-0.1, -0.05) is 18.2 Å². The van der Waals surface area contributed by atoms with Crippen LogP contribution >= 0.6 is 0 Å². The molecule has 0 bridgehead atoms. The summed E-state index contributed by atoms with van der Waals surface area (Å²) in [6.07, 6.45) is 0.421. The zero-order valence-electron chi connectivity index (χ0n) is 11.8. The summed E-state index contributed by atoms with van der Waals surface area (Å²) < 4.78 is 5.57. The van der Waals surface area contributed by atoms with Gasteiger partial charge in [-0.25, -0.2) is 0 Å². The number of carbonyl (C=O) groups excluding carboxylic acids is 1. The molecule has 1 aliphatic rings. The van der Waals surface area contributed by atoms with Crippen molar-refractivity contribution in [2.24, 2.45) is 0 Å². The first-order valence-corrected chi connectivity index (χ1v) is 6.63. The summed E-state index contributed by atoms with van der Waals surface area (Å²) in [4.78, 5) is 24.5. The Kier molecular flexibility index (Phi) is 4.09. The Morgan fingerprint density at radius 2 is 2.15 bits per heavy atom. The summed E-state index contributed by atoms with van der Waals surface area (Å²) in [5, 5.41) is 8.80. The van der Waals surface area contributed by atoms with Crippen LogP contribution in [0.2, 0.25) is 0 Å². The maximum absolute atomic E-state index is 12.1. The van der Waals surface area contributed by atoms with Gasteiger partial charge in [0.25, 0.3) is 5.91 Å². The Labute approximate surface area is 118 Å². The van der Waals surface area contributed by atoms with E-state index in [1.54, 1.807) is 4.90 Å². The van der Waals surface area contributed by atoms with Gasteiger partial charge in [-0.05, 0) is 31.9 Å². The molecule has 1 atom stereocenters. The van der Waals surface area contributed by atoms with Crippen molar-refractivity contribution < 1.29 is 19.4 Å². The Morgan fingerprint density at radius 1 is 1.45 bits per heavy atom. The van der Waals surface area contributed by atoms with Crippen molar-refractivity contribution in [1.29, 1.82) is 0 Å². The molecule has 0 aliphatic carbocycles. The lowest BCUT2D eigenvalue weighted by atomic mass is 9.96. The van der Waals surface area contributed by atoms with Gasteiger partial charge >= 0.3 is 5.97 Å². The van der Waals surface area contributed by atoms with E-state index < -0.39 is 11.6 Å². The number of benzene rings is 1. The summed E-state index contributed by atoms with van der Waals surface area (Å²) in [6.45, 7) is 4.18. The maximum Gasteiger partial charge on any atom is 0.303 e. The van der Waals surface area contributed by atoms with Crippen molar-refractivity contribution in [3.8, 4) is 0 Å². The fraction of sp³-hybridized carbons (Fsp3) is 0.467. The number of ether oxygens (including phenoxy) is 1. The second-order valence-electron chi connectivity index (χ2n) is 5.40. The fourth-order valence-electron chi connectivity index (χ4n) is 2.39. The number of rotatable bonds is 4. The number of para-hydroxylation sites is 1. The van der Waals surface area contributed by atoms with Crippen LogP contribution in [0.4, 0.5) is 5.69 Å². The van der Waals surface area contributed by atoms with Gasteiger partial charge in [-0.2, -0.15) is 0 Å². The normalized spacial score (nSPS) is 22.9. The highest BCUT2D eigenvalue weighted by Crippen LogP contribution is 2.29. The number of morpholine rings is 1. The highest BCUT2D eigenvalue weighted by Gasteiger charge is 2.37. The number of amides is 1. The molecule has 5 heteroatoms. The van der Waals surface area contributed by atoms with Gasteiger partial charge in [0.05, 0.1) is 12.1 Å². The van der Waals surface area contributed by atoms with Crippen LogP contribution in [0.25, 0.3) is 0 Å². The van der Waals surface area contributed by atoms with E-state index in [1.807, 2.05) is 38.1 Å². The van der Waals surface area contributed by atoms with E-state index in [-0.39, 0.29) is 18.9 Å². The van der Waals surface area contributed by atoms with Crippen LogP contribution in [-0.2, 0) is 14.3 Å². The molecule has 1 aliphatic heterocycles. The molecule has 0 aromatic heterocycles. The molecule has 1 unspecified atom stereocenters. The number of aryl methyl sites for hydroxylation is 1. The van der Waals surface area contributed by atoms with Crippen molar-refractivity contribution in [2.75, 3.05) is 18.1 Å². The van der Waals surface area contributed by atoms with Crippen molar-refractivity contribution in [3.05, 3.63) is 29.8 Å². The van der Waals surface area contributed by atoms with Crippen molar-refractivity contribution in [3.63, 3.8) is 0 Å². The van der Waals surface area contributed by atoms with Crippen LogP contribution in [0.5, 0.6) is 0 Å². The van der Waals surface area contributed by atoms with Crippen LogP contribution in [0, 0.1) is 6.92 Å². The summed E-state index contributed by atoms with van der Waals surface area (Å²) in [6, 6.07) is 7.66. The molecule has 1 amide bonds. The summed E-state index contributed by atoms with van der Waals surface area (Å²) >= 11 is 0. The highest BCUT2D eigenvalue weighted by molar-refractivity contribution is 5.95. The van der Waals surface area contributed by atoms with E-state index >= 15 is 0 Å². The average Bonchev–Trinajstić information content (AvgIpc) is 2.41. The largest absolute Gasteiger partial charge is 0.481 e. The first kappa shape index (κ1) is 14.5. The van der Waals surface area contributed by atoms with Gasteiger partial charge in [0.1, 0.15) is 6.61 Å². The molecule has 1 heterocycles. The van der Waals surface area contributed by atoms with Gasteiger partial charge in [0, 0.05) is 12.1 Å². The first-order chi connectivity index (χ1) is 9.41. The first-order valence-electron chi connectivity index (χ1n) is 6.63. The smallest absolute Gasteiger partial charge is 0.303 e. The maximum atomic E-state index is 12.1. The number of nitrogens with zero attached hydrogens (tertiary/aromatic N) is 1. The molecule has 5 nitrogen and oxygen atoms in total. The lowest BCUT2D eigenvalue weighted by molar-refractivity contribution is -0.142. The number of anilines is 1. The predicted octanol–water partition coefficient (Wildman–Crippen LogP) is 1.98. The molecule has 1 N–H and O–H groups in total. The minimum atomic E-state index is -0.853. The Hall–Kier alpha value is -1.88. The molecular formula is C15H19NO4. The third kappa shape index (κ3) is 3.17. The van der Waals surface area contributed by atoms with Crippen LogP contribution in [-0.4, -0.2) is 35.7 Å². The Bertz CT molecular complexity index is 528. The molecule has 108 valence electrons. The molecular weight excluding hydrogens is 258 g/mol. The van der Waals surface area contributed by atoms with Crippen LogP contribution in [0.1, 0.15) is 25.3 Å². The van der Waals surface area contributed by atoms with Gasteiger partial charge in [-0.3, -0.25) is 9.59 Å². The van der Waals surface area contributed by atoms with Crippen LogP contribution < -0.4 is 4.90 Å². The standard InChI is InChI=1S/C15H19NO4/c1-11-5-3-4-6-12(11)16-10-15(2,8-7-14(18)19)20-9-13(16)17/h3-6H,7-10H2,1-2H3,(H,18,19). The Balaban J connectivity index is 2.18. The lowest BCUT2D eigenvalue weighted by Gasteiger charge is -2.40. The summed E-state index contributed by atoms with van der Waals surface area (Å²) in [7, 11) is 0. The van der Waals surface area contributed by atoms with Crippen LogP contribution in [0.15, 0.2) is 24.3 Å². The number of carboxylic acids is 1. The summed E-state index contributed by atoms with van der Waals surface area (Å²) in [5.41, 5.74) is 1.26. The zero-order valence-corrected chi connectivity index (χ0v) is 11.8. The molecule has 1 fully saturated rings. The van der Waals surface area contributed by atoms with Gasteiger partial charge in [0.15, 0.2) is 0 Å². The monoisotopic (exact) mass is 277 g/mol. The van der Waals surface area contributed by atoms with E-state index in [9.17, 15) is 9.59 Å². The quantitative estimate of drug-likeness (QED) is 0.914. The predicted molar refractivity (Wildman–Crippen MR) is 74.8 cm³/mol. The van der Waals surface area contributed by atoms with E-state index in [2.05, 4.69) is 0 Å². The molecule has 1 aromatic carbocycles. The van der Waals surface area contributed by atoms with Crippen molar-refractivity contribution in [1.82, 2.24) is 0 Å². The molecule has 0 spiro atoms. The van der Waals surface area contributed by atoms with Crippen LogP contribution in [0.3, 0.4) is 0 Å². The highest BCUT2D eigenvalue weighted by atomic mass is 16.5. The number of aliphatic carboxylic acids is 1. The van der Waals surface area contributed by atoms with Crippen molar-refractivity contribution >= 4 is 17.6 Å². The van der Waals surface area contributed by atoms with Gasteiger partial charge in [0.2, 0.25) is 0 Å². The third-order valence-corrected chi connectivity index (χ3v) is 3.61. The fourth-order valence-corrected chi connectivity index (χ4v) is 2.39. The summed E-state index contributed by atoms with van der Waals surface area (Å²) in [5.74, 6) is -0.943. The average molecular weight is 277 g/mol. The topological polar surface area (TPSA) is 66.8 Å². The molecule has 20 heavy (non-hydrogen) atoms. The minimum Gasteiger partial charge on any atom is -0.481 e. The second kappa shape index (κ2) is 5.63. The van der Waals surface area contributed by atoms with Gasteiger partial charge < -0.3 is 14.7 Å². The van der Waals surface area contributed by atoms with E-state index in [0.717, 1.165) is 11.3 Å². The number of carbonyl (C=O) groups is 2. The van der Waals surface area contributed by atoms with Crippen molar-refractivity contribution in [2.45, 2.75) is 32.3 Å². The Morgan fingerprint density at radius 3 is 2.80 bits per heavy atom. The van der Waals surface area contributed by atoms with Gasteiger partial charge in [-0.15, -0.1) is 0 Å². The molecule has 0 radical (unpaired) electrons. The molecule has 1 aromatic rings. The number of hydrogen-bond donors (Lipinski definition) is 1. The third-order valence-electron chi connectivity index (χ3n) is 3.61. The SMILES string of the molecule is Cc1ccccc1N1CC(C)(CCC(=O)O)OCC1=O. The number of hydrogen-bond acceptors (Lipinski definition) is 3. The van der Waals surface area contributed by atoms with E-state index in [0.29, 0.717) is 13.0 Å². The van der Waals surface area contributed by atoms with E-state index in [4.69, 9.17) is 9.84 Å². The minimum absolute atomic E-state index is 0.00947. The van der Waals surface area contributed by atoms with E-state index in [1.165, 1.54) is 0 Å². The second-order valence-corrected chi connectivity index (χ2v) is 5.40. The molecule has 1 saturated heterocycles. The lowest BCUT2D eigenvalue weighted by Crippen LogP contribution is -2.53. The zero-order chi connectivity index (χ0) is 14.8. The molecule has 0 saturated carbocycles.